The summed E-state index contributed by atoms with van der Waals surface area (Å²) in [5.74, 6) is -4.01. The fraction of sp³-hybridized carbons (Fsp3) is 0. The van der Waals surface area contributed by atoms with Crippen molar-refractivity contribution in [2.75, 3.05) is 0 Å². The molecule has 6 aromatic heterocycles. The predicted octanol–water partition coefficient (Wildman–Crippen LogP) is 8.59. The third-order valence-electron chi connectivity index (χ3n) is 8.64. The average Bonchev–Trinajstić information content (AvgIpc) is 3.96. The quantitative estimate of drug-likeness (QED) is 0.150. The van der Waals surface area contributed by atoms with Crippen LogP contribution in [0.25, 0.3) is 50.2 Å². The molecular formula is C42H27F3N6O6. The van der Waals surface area contributed by atoms with Crippen molar-refractivity contribution in [3.8, 4) is 17.1 Å². The van der Waals surface area contributed by atoms with Crippen LogP contribution in [0.5, 0.6) is 0 Å². The van der Waals surface area contributed by atoms with Crippen molar-refractivity contribution in [3.05, 3.63) is 181 Å². The molecule has 3 aromatic carbocycles. The molecule has 57 heavy (non-hydrogen) atoms. The van der Waals surface area contributed by atoms with E-state index in [0.717, 1.165) is 28.0 Å². The molecule has 0 spiro atoms. The highest BCUT2D eigenvalue weighted by Crippen LogP contribution is 2.23. The summed E-state index contributed by atoms with van der Waals surface area (Å²) in [5.41, 5.74) is 5.94. The van der Waals surface area contributed by atoms with Gasteiger partial charge in [0.1, 0.15) is 28.8 Å². The molecule has 282 valence electrons. The van der Waals surface area contributed by atoms with E-state index in [1.165, 1.54) is 54.9 Å². The van der Waals surface area contributed by atoms with Gasteiger partial charge >= 0.3 is 17.9 Å². The Morgan fingerprint density at radius 2 is 0.947 bits per heavy atom. The number of hydrogen-bond acceptors (Lipinski definition) is 6. The smallest absolute Gasteiger partial charge is 0.354 e. The lowest BCUT2D eigenvalue weighted by Crippen LogP contribution is -2.00. The van der Waals surface area contributed by atoms with Crippen molar-refractivity contribution in [2.45, 2.75) is 0 Å². The Morgan fingerprint density at radius 3 is 1.49 bits per heavy atom. The third kappa shape index (κ3) is 8.07. The van der Waals surface area contributed by atoms with Crippen molar-refractivity contribution in [1.29, 1.82) is 0 Å². The van der Waals surface area contributed by atoms with Gasteiger partial charge in [0, 0.05) is 53.4 Å². The first-order valence-electron chi connectivity index (χ1n) is 16.9. The van der Waals surface area contributed by atoms with E-state index in [9.17, 15) is 27.6 Å². The number of carboxylic acid groups (broad SMARTS) is 3. The van der Waals surface area contributed by atoms with Crippen molar-refractivity contribution in [2.24, 2.45) is 0 Å². The minimum absolute atomic E-state index is 0.00403. The van der Waals surface area contributed by atoms with Crippen LogP contribution in [0.4, 0.5) is 13.2 Å². The number of carbonyl (C=O) groups is 3. The average molecular weight is 769 g/mol. The molecule has 0 saturated heterocycles. The van der Waals surface area contributed by atoms with E-state index in [-0.39, 0.29) is 34.3 Å². The number of benzene rings is 3. The molecule has 12 nitrogen and oxygen atoms in total. The minimum Gasteiger partial charge on any atom is -0.478 e. The van der Waals surface area contributed by atoms with Crippen LogP contribution < -0.4 is 0 Å². The van der Waals surface area contributed by atoms with Crippen molar-refractivity contribution in [1.82, 2.24) is 28.7 Å². The first-order chi connectivity index (χ1) is 27.4. The maximum absolute atomic E-state index is 12.9. The summed E-state index contributed by atoms with van der Waals surface area (Å²) >= 11 is 0. The zero-order chi connectivity index (χ0) is 40.2. The molecule has 0 saturated carbocycles. The summed E-state index contributed by atoms with van der Waals surface area (Å²) in [5, 5.41) is 27.5. The Labute approximate surface area is 319 Å². The maximum atomic E-state index is 12.9. The molecule has 15 heteroatoms. The number of nitrogens with zero attached hydrogens (tertiary/aromatic N) is 6. The van der Waals surface area contributed by atoms with Crippen molar-refractivity contribution >= 4 is 51.0 Å². The SMILES string of the molecule is O=C(O)c1ccc2c(ccn2-c2ccc(F)cc2)n1.O=C(O)c1cnc2c(ccn2-c2ccc(F)cc2)c1.O=C(O)c1cnc2ccn(-c3ccc(F)cc3)c2c1. The standard InChI is InChI=1S/3C14H9FN2O2/c15-10-1-3-11(4-2-10)17-6-5-12-13(17)7-9(8-16-12)14(18)19;15-11-1-3-12(4-2-11)17-6-5-9-7-10(14(18)19)8-16-13(9)17;15-9-1-3-10(4-2-9)17-8-7-11-13(17)6-5-12(16-11)14(18)19/h3*1-8H,(H,18,19). The Hall–Kier alpha value is -8.07. The zero-order valence-corrected chi connectivity index (χ0v) is 29.2. The van der Waals surface area contributed by atoms with Gasteiger partial charge in [-0.3, -0.25) is 4.98 Å². The lowest BCUT2D eigenvalue weighted by atomic mass is 10.2. The van der Waals surface area contributed by atoms with E-state index < -0.39 is 17.9 Å². The molecule has 6 heterocycles. The topological polar surface area (TPSA) is 165 Å². The second-order valence-corrected chi connectivity index (χ2v) is 12.3. The van der Waals surface area contributed by atoms with E-state index in [1.54, 1.807) is 101 Å². The number of fused-ring (bicyclic) bond motifs is 3. The van der Waals surface area contributed by atoms with Gasteiger partial charge in [-0.2, -0.15) is 0 Å². The van der Waals surface area contributed by atoms with Crippen molar-refractivity contribution < 1.29 is 42.9 Å². The second kappa shape index (κ2) is 15.7. The number of halogens is 3. The summed E-state index contributed by atoms with van der Waals surface area (Å²) in [6, 6.07) is 29.6. The number of pyridine rings is 3. The molecule has 0 atom stereocenters. The van der Waals surface area contributed by atoms with Crippen LogP contribution >= 0.6 is 0 Å². The zero-order valence-electron chi connectivity index (χ0n) is 29.2. The van der Waals surface area contributed by atoms with Gasteiger partial charge in [-0.25, -0.2) is 37.5 Å². The molecule has 0 fully saturated rings. The van der Waals surface area contributed by atoms with E-state index in [1.807, 2.05) is 4.57 Å². The molecule has 3 N–H and O–H groups in total. The molecule has 0 aliphatic carbocycles. The van der Waals surface area contributed by atoms with Gasteiger partial charge in [-0.05, 0) is 115 Å². The number of carboxylic acids is 3. The largest absolute Gasteiger partial charge is 0.478 e. The highest BCUT2D eigenvalue weighted by Gasteiger charge is 2.12. The summed E-state index contributed by atoms with van der Waals surface area (Å²) < 4.78 is 44.1. The Morgan fingerprint density at radius 1 is 0.474 bits per heavy atom. The van der Waals surface area contributed by atoms with Crippen LogP contribution in [-0.4, -0.2) is 61.9 Å². The highest BCUT2D eigenvalue weighted by molar-refractivity contribution is 5.93. The van der Waals surface area contributed by atoms with Gasteiger partial charge in [0.25, 0.3) is 0 Å². The normalized spacial score (nSPS) is 10.8. The van der Waals surface area contributed by atoms with Crippen LogP contribution in [-0.2, 0) is 0 Å². The summed E-state index contributed by atoms with van der Waals surface area (Å²) in [6.07, 6.45) is 7.95. The van der Waals surface area contributed by atoms with Crippen LogP contribution in [0.2, 0.25) is 0 Å². The minimum atomic E-state index is -1.06. The lowest BCUT2D eigenvalue weighted by molar-refractivity contribution is 0.0682. The van der Waals surface area contributed by atoms with E-state index in [2.05, 4.69) is 15.0 Å². The number of hydrogen-bond donors (Lipinski definition) is 3. The van der Waals surface area contributed by atoms with Crippen molar-refractivity contribution in [3.63, 3.8) is 0 Å². The van der Waals surface area contributed by atoms with Crippen LogP contribution in [0.1, 0.15) is 31.2 Å². The summed E-state index contributed by atoms with van der Waals surface area (Å²) in [7, 11) is 0. The second-order valence-electron chi connectivity index (χ2n) is 12.3. The van der Waals surface area contributed by atoms with Gasteiger partial charge in [-0.1, -0.05) is 0 Å². The van der Waals surface area contributed by atoms with E-state index in [0.29, 0.717) is 22.2 Å². The predicted molar refractivity (Wildman–Crippen MR) is 204 cm³/mol. The maximum Gasteiger partial charge on any atom is 0.354 e. The van der Waals surface area contributed by atoms with Crippen LogP contribution in [0, 0.1) is 17.5 Å². The summed E-state index contributed by atoms with van der Waals surface area (Å²) in [4.78, 5) is 45.0. The number of aromatic carboxylic acids is 3. The number of rotatable bonds is 6. The molecule has 0 unspecified atom stereocenters. The first kappa shape index (κ1) is 37.3. The molecule has 0 bridgehead atoms. The fourth-order valence-corrected chi connectivity index (χ4v) is 5.87. The van der Waals surface area contributed by atoms with Crippen LogP contribution in [0.3, 0.4) is 0 Å². The van der Waals surface area contributed by atoms with Crippen LogP contribution in [0.15, 0.2) is 146 Å². The molecule has 0 aliphatic rings. The Balaban J connectivity index is 0.000000131. The highest BCUT2D eigenvalue weighted by atomic mass is 19.1. The monoisotopic (exact) mass is 768 g/mol. The van der Waals surface area contributed by atoms with Gasteiger partial charge < -0.3 is 29.0 Å². The third-order valence-corrected chi connectivity index (χ3v) is 8.64. The molecule has 9 rings (SSSR count). The molecule has 9 aromatic rings. The first-order valence-corrected chi connectivity index (χ1v) is 16.9. The summed E-state index contributed by atoms with van der Waals surface area (Å²) in [6.45, 7) is 0. The molecular weight excluding hydrogens is 741 g/mol. The van der Waals surface area contributed by atoms with Gasteiger partial charge in [0.2, 0.25) is 0 Å². The Bertz CT molecular complexity index is 2790. The molecule has 0 aliphatic heterocycles. The fourth-order valence-electron chi connectivity index (χ4n) is 5.87. The molecule has 0 amide bonds. The van der Waals surface area contributed by atoms with E-state index in [4.69, 9.17) is 15.3 Å². The number of aromatic nitrogens is 6. The molecule has 0 radical (unpaired) electrons. The lowest BCUT2D eigenvalue weighted by Gasteiger charge is -2.05. The van der Waals surface area contributed by atoms with E-state index >= 15 is 0 Å². The van der Waals surface area contributed by atoms with Gasteiger partial charge in [0.05, 0.1) is 33.2 Å². The van der Waals surface area contributed by atoms with Gasteiger partial charge in [-0.15, -0.1) is 0 Å². The Kier molecular flexibility index (Phi) is 10.3. The van der Waals surface area contributed by atoms with Gasteiger partial charge in [0.15, 0.2) is 0 Å².